The maximum absolute atomic E-state index is 12.0. The molecule has 0 aliphatic rings. The lowest BCUT2D eigenvalue weighted by Crippen LogP contribution is -2.10. The predicted octanol–water partition coefficient (Wildman–Crippen LogP) is 3.52. The Hall–Kier alpha value is -1.85. The van der Waals surface area contributed by atoms with Crippen LogP contribution in [0, 0.1) is 0 Å². The number of benzene rings is 1. The molecule has 132 valence electrons. The Labute approximate surface area is 147 Å². The number of nitrogens with two attached hydrogens (primary N) is 1. The summed E-state index contributed by atoms with van der Waals surface area (Å²) in [7, 11) is -1.37. The maximum atomic E-state index is 12.0. The van der Waals surface area contributed by atoms with E-state index in [-0.39, 0.29) is 5.76 Å². The highest BCUT2D eigenvalue weighted by molar-refractivity contribution is 7.99. The van der Waals surface area contributed by atoms with E-state index in [4.69, 9.17) is 10.3 Å². The molecule has 0 amide bonds. The van der Waals surface area contributed by atoms with E-state index in [1.165, 1.54) is 18.9 Å². The maximum Gasteiger partial charge on any atom is 0.333 e. The summed E-state index contributed by atoms with van der Waals surface area (Å²) in [5, 5.41) is 2.72. The van der Waals surface area contributed by atoms with Crippen molar-refractivity contribution in [1.82, 2.24) is 5.09 Å². The highest BCUT2D eigenvalue weighted by atomic mass is 32.2. The number of ether oxygens (including phenoxy) is 1. The minimum atomic E-state index is -2.63. The number of allylic oxidation sites excluding steroid dienone is 2. The van der Waals surface area contributed by atoms with Crippen LogP contribution in [0.2, 0.25) is 0 Å². The second-order valence-electron chi connectivity index (χ2n) is 4.79. The van der Waals surface area contributed by atoms with Gasteiger partial charge >= 0.3 is 14.1 Å². The molecule has 0 aromatic heterocycles. The molecule has 0 fully saturated rings. The number of hydrogen-bond acceptors (Lipinski definition) is 6. The number of carbonyl (C=O) groups is 1. The van der Waals surface area contributed by atoms with Crippen LogP contribution in [0.3, 0.4) is 0 Å². The minimum absolute atomic E-state index is 0.200. The molecule has 1 aromatic rings. The van der Waals surface area contributed by atoms with Crippen molar-refractivity contribution in [2.45, 2.75) is 25.7 Å². The second kappa shape index (κ2) is 10.1. The molecule has 1 atom stereocenters. The van der Waals surface area contributed by atoms with Crippen molar-refractivity contribution in [1.29, 1.82) is 0 Å². The molecule has 8 heteroatoms. The Balaban J connectivity index is 2.74. The monoisotopic (exact) mass is 370 g/mol. The van der Waals surface area contributed by atoms with E-state index in [2.05, 4.69) is 16.7 Å². The molecular weight excluding hydrogens is 347 g/mol. The number of thioether (sulfide) groups is 1. The Kier molecular flexibility index (Phi) is 8.50. The summed E-state index contributed by atoms with van der Waals surface area (Å²) >= 11 is 1.75. The van der Waals surface area contributed by atoms with Crippen LogP contribution >= 0.6 is 19.9 Å². The van der Waals surface area contributed by atoms with Gasteiger partial charge in [0.2, 0.25) is 0 Å². The molecule has 0 saturated heterocycles. The van der Waals surface area contributed by atoms with Crippen LogP contribution in [0.4, 0.5) is 0 Å². The zero-order valence-corrected chi connectivity index (χ0v) is 16.0. The van der Waals surface area contributed by atoms with Gasteiger partial charge in [-0.15, -0.1) is 11.8 Å². The van der Waals surface area contributed by atoms with Crippen molar-refractivity contribution >= 4 is 31.6 Å². The van der Waals surface area contributed by atoms with Crippen LogP contribution in [0.25, 0.3) is 5.70 Å². The summed E-state index contributed by atoms with van der Waals surface area (Å²) in [5.74, 6) is 0.632. The van der Waals surface area contributed by atoms with E-state index in [1.54, 1.807) is 18.7 Å². The molecule has 1 aromatic carbocycles. The number of nitrogens with one attached hydrogen (secondary N) is 1. The van der Waals surface area contributed by atoms with Gasteiger partial charge in [0.05, 0.1) is 18.9 Å². The van der Waals surface area contributed by atoms with Crippen LogP contribution in [0.15, 0.2) is 46.7 Å². The van der Waals surface area contributed by atoms with Crippen LogP contribution in [0.1, 0.15) is 26.3 Å². The number of esters is 1. The van der Waals surface area contributed by atoms with Crippen molar-refractivity contribution in [3.8, 4) is 0 Å². The van der Waals surface area contributed by atoms with E-state index in [0.29, 0.717) is 11.4 Å². The van der Waals surface area contributed by atoms with E-state index >= 15 is 0 Å². The third kappa shape index (κ3) is 6.72. The number of carbonyl (C=O) groups excluding carboxylic acids is 1. The highest BCUT2D eigenvalue weighted by Crippen LogP contribution is 2.26. The van der Waals surface area contributed by atoms with Gasteiger partial charge in [-0.2, -0.15) is 0 Å². The lowest BCUT2D eigenvalue weighted by atomic mass is 10.1. The zero-order chi connectivity index (χ0) is 18.1. The molecule has 0 aliphatic heterocycles. The van der Waals surface area contributed by atoms with Crippen molar-refractivity contribution in [2.24, 2.45) is 5.73 Å². The molecule has 24 heavy (non-hydrogen) atoms. The molecule has 0 spiro atoms. The van der Waals surface area contributed by atoms with Gasteiger partial charge in [0, 0.05) is 10.6 Å². The molecule has 0 aliphatic carbocycles. The van der Waals surface area contributed by atoms with Crippen LogP contribution in [-0.4, -0.2) is 18.8 Å². The fourth-order valence-electron chi connectivity index (χ4n) is 1.76. The molecule has 0 heterocycles. The standard InChI is InChI=1S/C16H23N2O4PS/c1-5-24-14-8-6-13(7-9-14)16(17)12(3)18-23(20)22-11(2)10-15(19)21-4/h6-10,23H,5,17H2,1-4H3,(H,18,20)/b11-10+,16-12+. The summed E-state index contributed by atoms with van der Waals surface area (Å²) in [6, 6.07) is 7.82. The van der Waals surface area contributed by atoms with Crippen molar-refractivity contribution in [3.63, 3.8) is 0 Å². The fraction of sp³-hybridized carbons (Fsp3) is 0.312. The molecule has 1 rings (SSSR count). The SMILES string of the molecule is CCSc1ccc(/C(N)=C(/C)N[PH](=O)O/C(C)=C/C(=O)OC)cc1. The van der Waals surface area contributed by atoms with Gasteiger partial charge in [0.25, 0.3) is 0 Å². The van der Waals surface area contributed by atoms with E-state index in [0.717, 1.165) is 17.4 Å². The van der Waals surface area contributed by atoms with E-state index in [1.807, 2.05) is 24.3 Å². The lowest BCUT2D eigenvalue weighted by Gasteiger charge is -2.12. The number of methoxy groups -OCH3 is 1. The van der Waals surface area contributed by atoms with Gasteiger partial charge in [-0.3, -0.25) is 4.57 Å². The third-order valence-corrected chi connectivity index (χ3v) is 4.93. The molecule has 0 radical (unpaired) electrons. The Morgan fingerprint density at radius 2 is 1.96 bits per heavy atom. The first kappa shape index (κ1) is 20.2. The molecule has 6 nitrogen and oxygen atoms in total. The summed E-state index contributed by atoms with van der Waals surface area (Å²) in [6.45, 7) is 5.33. The fourth-order valence-corrected chi connectivity index (χ4v) is 3.27. The van der Waals surface area contributed by atoms with Crippen molar-refractivity contribution < 1.29 is 18.6 Å². The Morgan fingerprint density at radius 1 is 1.33 bits per heavy atom. The van der Waals surface area contributed by atoms with Gasteiger partial charge in [0.1, 0.15) is 5.76 Å². The Bertz CT molecular complexity index is 657. The van der Waals surface area contributed by atoms with Gasteiger partial charge in [-0.25, -0.2) is 4.79 Å². The van der Waals surface area contributed by atoms with Crippen LogP contribution in [-0.2, 0) is 18.6 Å². The van der Waals surface area contributed by atoms with Crippen molar-refractivity contribution in [2.75, 3.05) is 12.9 Å². The average Bonchev–Trinajstić information content (AvgIpc) is 2.54. The third-order valence-electron chi connectivity index (χ3n) is 2.95. The molecule has 3 N–H and O–H groups in total. The van der Waals surface area contributed by atoms with Gasteiger partial charge in [-0.05, 0) is 37.3 Å². The lowest BCUT2D eigenvalue weighted by molar-refractivity contribution is -0.135. The second-order valence-corrected chi connectivity index (χ2v) is 7.16. The van der Waals surface area contributed by atoms with Gasteiger partial charge in [0.15, 0.2) is 0 Å². The number of rotatable bonds is 8. The summed E-state index contributed by atoms with van der Waals surface area (Å²) in [5.41, 5.74) is 7.95. The van der Waals surface area contributed by atoms with Crippen molar-refractivity contribution in [3.05, 3.63) is 47.4 Å². The number of hydrogen-bond donors (Lipinski definition) is 2. The first-order valence-corrected chi connectivity index (χ1v) is 9.62. The normalized spacial score (nSPS) is 13.8. The smallest absolute Gasteiger partial charge is 0.333 e. The van der Waals surface area contributed by atoms with Crippen LogP contribution < -0.4 is 10.8 Å². The summed E-state index contributed by atoms with van der Waals surface area (Å²) in [4.78, 5) is 12.2. The average molecular weight is 370 g/mol. The molecular formula is C16H23N2O4PS. The topological polar surface area (TPSA) is 90.6 Å². The first-order chi connectivity index (χ1) is 11.4. The van der Waals surface area contributed by atoms with E-state index in [9.17, 15) is 9.36 Å². The molecule has 1 unspecified atom stereocenters. The minimum Gasteiger partial charge on any atom is -0.466 e. The quantitative estimate of drug-likeness (QED) is 0.238. The zero-order valence-electron chi connectivity index (χ0n) is 14.2. The summed E-state index contributed by atoms with van der Waals surface area (Å²) in [6.07, 6.45) is 1.12. The molecule has 0 bridgehead atoms. The van der Waals surface area contributed by atoms with Gasteiger partial charge < -0.3 is 20.1 Å². The van der Waals surface area contributed by atoms with E-state index < -0.39 is 14.1 Å². The van der Waals surface area contributed by atoms with Gasteiger partial charge in [-0.1, -0.05) is 19.1 Å². The predicted molar refractivity (Wildman–Crippen MR) is 98.6 cm³/mol. The summed E-state index contributed by atoms with van der Waals surface area (Å²) < 4.78 is 21.6. The highest BCUT2D eigenvalue weighted by Gasteiger charge is 2.07. The Morgan fingerprint density at radius 3 is 2.50 bits per heavy atom. The van der Waals surface area contributed by atoms with Crippen LogP contribution in [0.5, 0.6) is 0 Å². The largest absolute Gasteiger partial charge is 0.466 e. The molecule has 0 saturated carbocycles. The first-order valence-electron chi connectivity index (χ1n) is 7.32.